The fourth-order valence-corrected chi connectivity index (χ4v) is 2.76. The number of ether oxygens (including phenoxy) is 2. The minimum Gasteiger partial charge on any atom is -0.399 e. The Labute approximate surface area is 115 Å². The summed E-state index contributed by atoms with van der Waals surface area (Å²) in [5.41, 5.74) is 10.3. The molecule has 2 fully saturated rings. The van der Waals surface area contributed by atoms with Gasteiger partial charge in [0.15, 0.2) is 11.4 Å². The number of aliphatic hydroxyl groups is 2. The average molecular weight is 280 g/mol. The summed E-state index contributed by atoms with van der Waals surface area (Å²) in [4.78, 5) is 12.5. The number of Topliss-reactive ketones (excluding diaryl/α,β-unsaturated/α-hetero) is 1. The molecule has 2 aliphatic rings. The molecule has 20 heavy (non-hydrogen) atoms. The minimum atomic E-state index is -1.83. The van der Waals surface area contributed by atoms with E-state index in [4.69, 9.17) is 20.9 Å². The number of carbonyl (C=O) groups excluding carboxylic acids is 1. The van der Waals surface area contributed by atoms with Crippen molar-refractivity contribution in [1.82, 2.24) is 0 Å². The van der Waals surface area contributed by atoms with E-state index in [9.17, 15) is 15.0 Å². The molecule has 0 aromatic heterocycles. The van der Waals surface area contributed by atoms with Crippen LogP contribution in [0.5, 0.6) is 0 Å². The molecule has 0 amide bonds. The van der Waals surface area contributed by atoms with E-state index in [1.54, 1.807) is 0 Å². The lowest BCUT2D eigenvalue weighted by atomic mass is 9.87. The number of hydrogen-bond donors (Lipinski definition) is 4. The molecule has 2 heterocycles. The molecule has 2 aliphatic heterocycles. The summed E-state index contributed by atoms with van der Waals surface area (Å²) in [6, 6.07) is 4.40. The Hall–Kier alpha value is -1.67. The van der Waals surface area contributed by atoms with Gasteiger partial charge in [-0.2, -0.15) is 0 Å². The smallest absolute Gasteiger partial charge is 0.199 e. The quantitative estimate of drug-likeness (QED) is 0.401. The molecule has 1 aromatic carbocycles. The second-order valence-electron chi connectivity index (χ2n) is 5.24. The van der Waals surface area contributed by atoms with E-state index in [2.05, 4.69) is 0 Å². The SMILES string of the molecule is Nc1cc(N)cc(C(=O)[C@@]2(O)CO[C@@H]3[C@@H](O)CO[C@@H]32)c1. The van der Waals surface area contributed by atoms with Gasteiger partial charge >= 0.3 is 0 Å². The first-order valence-corrected chi connectivity index (χ1v) is 6.26. The number of carbonyl (C=O) groups is 1. The van der Waals surface area contributed by atoms with E-state index in [-0.39, 0.29) is 18.8 Å². The monoisotopic (exact) mass is 280 g/mol. The highest BCUT2D eigenvalue weighted by molar-refractivity contribution is 6.04. The second-order valence-corrected chi connectivity index (χ2v) is 5.24. The number of fused-ring (bicyclic) bond motifs is 1. The molecule has 2 saturated heterocycles. The van der Waals surface area contributed by atoms with Crippen molar-refractivity contribution in [2.24, 2.45) is 0 Å². The Morgan fingerprint density at radius 1 is 1.25 bits per heavy atom. The van der Waals surface area contributed by atoms with Crippen LogP contribution in [0.4, 0.5) is 11.4 Å². The summed E-state index contributed by atoms with van der Waals surface area (Å²) >= 11 is 0. The van der Waals surface area contributed by atoms with E-state index >= 15 is 0 Å². The molecule has 0 aliphatic carbocycles. The van der Waals surface area contributed by atoms with Gasteiger partial charge in [-0.1, -0.05) is 0 Å². The first-order chi connectivity index (χ1) is 9.41. The van der Waals surface area contributed by atoms with E-state index < -0.39 is 29.7 Å². The maximum absolute atomic E-state index is 12.5. The Morgan fingerprint density at radius 3 is 2.55 bits per heavy atom. The Morgan fingerprint density at radius 2 is 1.90 bits per heavy atom. The van der Waals surface area contributed by atoms with Gasteiger partial charge < -0.3 is 31.2 Å². The third-order valence-electron chi connectivity index (χ3n) is 3.72. The normalized spacial score (nSPS) is 36.0. The number of benzene rings is 1. The molecule has 1 aromatic rings. The van der Waals surface area contributed by atoms with Crippen molar-refractivity contribution in [3.63, 3.8) is 0 Å². The van der Waals surface area contributed by atoms with Gasteiger partial charge in [0, 0.05) is 16.9 Å². The maximum Gasteiger partial charge on any atom is 0.199 e. The van der Waals surface area contributed by atoms with Gasteiger partial charge in [-0.3, -0.25) is 4.79 Å². The van der Waals surface area contributed by atoms with Crippen molar-refractivity contribution in [1.29, 1.82) is 0 Å². The lowest BCUT2D eigenvalue weighted by Gasteiger charge is -2.25. The molecular formula is C13H16N2O5. The highest BCUT2D eigenvalue weighted by atomic mass is 16.6. The van der Waals surface area contributed by atoms with Gasteiger partial charge in [-0.25, -0.2) is 0 Å². The molecular weight excluding hydrogens is 264 g/mol. The van der Waals surface area contributed by atoms with E-state index in [1.807, 2.05) is 0 Å². The van der Waals surface area contributed by atoms with Crippen molar-refractivity contribution in [3.05, 3.63) is 23.8 Å². The van der Waals surface area contributed by atoms with Crippen molar-refractivity contribution < 1.29 is 24.5 Å². The molecule has 108 valence electrons. The van der Waals surface area contributed by atoms with Crippen LogP contribution in [0.2, 0.25) is 0 Å². The van der Waals surface area contributed by atoms with Crippen LogP contribution in [0.15, 0.2) is 18.2 Å². The van der Waals surface area contributed by atoms with E-state index in [0.29, 0.717) is 11.4 Å². The molecule has 7 nitrogen and oxygen atoms in total. The summed E-state index contributed by atoms with van der Waals surface area (Å²) in [5, 5.41) is 20.3. The number of aliphatic hydroxyl groups excluding tert-OH is 1. The largest absolute Gasteiger partial charge is 0.399 e. The van der Waals surface area contributed by atoms with Crippen molar-refractivity contribution in [2.45, 2.75) is 23.9 Å². The van der Waals surface area contributed by atoms with Gasteiger partial charge in [0.25, 0.3) is 0 Å². The third kappa shape index (κ3) is 1.87. The lowest BCUT2D eigenvalue weighted by Crippen LogP contribution is -2.50. The van der Waals surface area contributed by atoms with Crippen molar-refractivity contribution >= 4 is 17.2 Å². The van der Waals surface area contributed by atoms with Crippen LogP contribution in [0.25, 0.3) is 0 Å². The summed E-state index contributed by atoms with van der Waals surface area (Å²) in [7, 11) is 0. The predicted octanol–water partition coefficient (Wildman–Crippen LogP) is -1.08. The lowest BCUT2D eigenvalue weighted by molar-refractivity contribution is -0.0483. The highest BCUT2D eigenvalue weighted by Gasteiger charge is 2.59. The van der Waals surface area contributed by atoms with Crippen LogP contribution in [0.1, 0.15) is 10.4 Å². The Balaban J connectivity index is 1.94. The number of nitrogen functional groups attached to an aromatic ring is 2. The van der Waals surface area contributed by atoms with E-state index in [1.165, 1.54) is 18.2 Å². The molecule has 0 unspecified atom stereocenters. The van der Waals surface area contributed by atoms with Crippen LogP contribution >= 0.6 is 0 Å². The molecule has 0 spiro atoms. The standard InChI is InChI=1S/C13H16N2O5/c14-7-1-6(2-8(15)3-7)11(17)13(18)5-20-10-9(16)4-19-12(10)13/h1-3,9-10,12,16,18H,4-5,14-15H2/t9-,10+,12-,13-/m0/s1. The maximum atomic E-state index is 12.5. The molecule has 7 heteroatoms. The summed E-state index contributed by atoms with van der Waals surface area (Å²) < 4.78 is 10.6. The van der Waals surface area contributed by atoms with E-state index in [0.717, 1.165) is 0 Å². The van der Waals surface area contributed by atoms with Crippen LogP contribution in [0, 0.1) is 0 Å². The highest BCUT2D eigenvalue weighted by Crippen LogP contribution is 2.36. The Kier molecular flexibility index (Phi) is 2.94. The van der Waals surface area contributed by atoms with Gasteiger partial charge in [-0.15, -0.1) is 0 Å². The minimum absolute atomic E-state index is 0.0317. The topological polar surface area (TPSA) is 128 Å². The number of hydrogen-bond acceptors (Lipinski definition) is 7. The summed E-state index contributed by atoms with van der Waals surface area (Å²) in [6.45, 7) is -0.197. The molecule has 6 N–H and O–H groups in total. The number of nitrogens with two attached hydrogens (primary N) is 2. The van der Waals surface area contributed by atoms with Gasteiger partial charge in [-0.05, 0) is 18.2 Å². The third-order valence-corrected chi connectivity index (χ3v) is 3.72. The zero-order valence-corrected chi connectivity index (χ0v) is 10.7. The fourth-order valence-electron chi connectivity index (χ4n) is 2.76. The average Bonchev–Trinajstić information content (AvgIpc) is 2.91. The van der Waals surface area contributed by atoms with Crippen LogP contribution in [0.3, 0.4) is 0 Å². The summed E-state index contributed by atoms with van der Waals surface area (Å²) in [5.74, 6) is -0.571. The second kappa shape index (κ2) is 4.42. The molecule has 0 bridgehead atoms. The van der Waals surface area contributed by atoms with Crippen molar-refractivity contribution in [2.75, 3.05) is 24.7 Å². The van der Waals surface area contributed by atoms with Crippen LogP contribution in [-0.2, 0) is 9.47 Å². The van der Waals surface area contributed by atoms with Crippen LogP contribution < -0.4 is 11.5 Å². The van der Waals surface area contributed by atoms with Gasteiger partial charge in [0.1, 0.15) is 18.3 Å². The summed E-state index contributed by atoms with van der Waals surface area (Å²) in [6.07, 6.45) is -2.41. The van der Waals surface area contributed by atoms with Crippen LogP contribution in [-0.4, -0.2) is 53.1 Å². The first-order valence-electron chi connectivity index (χ1n) is 6.26. The zero-order valence-electron chi connectivity index (χ0n) is 10.7. The fraction of sp³-hybridized carbons (Fsp3) is 0.462. The van der Waals surface area contributed by atoms with Gasteiger partial charge in [0.05, 0.1) is 13.2 Å². The Bertz CT molecular complexity index is 543. The molecule has 3 rings (SSSR count). The van der Waals surface area contributed by atoms with Gasteiger partial charge in [0.2, 0.25) is 0 Å². The predicted molar refractivity (Wildman–Crippen MR) is 70.0 cm³/mol. The number of rotatable bonds is 2. The zero-order chi connectivity index (χ0) is 14.5. The number of anilines is 2. The molecule has 4 atom stereocenters. The number of ketones is 1. The molecule has 0 saturated carbocycles. The molecule has 0 radical (unpaired) electrons. The first kappa shape index (κ1) is 13.3. The van der Waals surface area contributed by atoms with Crippen molar-refractivity contribution in [3.8, 4) is 0 Å².